The number of carbonyl (C=O) groups excluding carboxylic acids is 2. The molecule has 0 unspecified atom stereocenters. The van der Waals surface area contributed by atoms with Gasteiger partial charge in [0.05, 0.1) is 12.6 Å². The van der Waals surface area contributed by atoms with Gasteiger partial charge in [0, 0.05) is 52.4 Å². The molecule has 20 heavy (non-hydrogen) atoms. The molecule has 2 N–H and O–H groups in total. The Morgan fingerprint density at radius 2 is 1.55 bits per heavy atom. The molecule has 4 amide bonds. The highest BCUT2D eigenvalue weighted by atomic mass is 16.2. The van der Waals surface area contributed by atoms with Gasteiger partial charge >= 0.3 is 12.1 Å². The third-order valence-electron chi connectivity index (χ3n) is 3.56. The molecule has 2 heterocycles. The van der Waals surface area contributed by atoms with Gasteiger partial charge in [0.1, 0.15) is 0 Å². The van der Waals surface area contributed by atoms with Crippen molar-refractivity contribution < 1.29 is 9.59 Å². The number of nitrogens with zero attached hydrogens (tertiary/aromatic N) is 4. The molecule has 0 bridgehead atoms. The Balaban J connectivity index is 1.73. The fourth-order valence-electron chi connectivity index (χ4n) is 2.34. The third-order valence-corrected chi connectivity index (χ3v) is 3.56. The van der Waals surface area contributed by atoms with E-state index in [1.165, 1.54) is 0 Å². The molecule has 0 aromatic rings. The van der Waals surface area contributed by atoms with Gasteiger partial charge in [-0.25, -0.2) is 9.59 Å². The summed E-state index contributed by atoms with van der Waals surface area (Å²) in [6, 6.07) is 2.05. The number of nitriles is 1. The van der Waals surface area contributed by atoms with Crippen LogP contribution in [0.15, 0.2) is 0 Å². The van der Waals surface area contributed by atoms with Gasteiger partial charge in [-0.05, 0) is 0 Å². The number of rotatable bonds is 7. The quantitative estimate of drug-likeness (QED) is 0.577. The van der Waals surface area contributed by atoms with Gasteiger partial charge in [-0.15, -0.1) is 0 Å². The van der Waals surface area contributed by atoms with E-state index in [0.29, 0.717) is 58.9 Å². The SMILES string of the molecule is N#CCN(CCN1CCNC1=O)CCN1CCNC1=O. The minimum atomic E-state index is -0.0409. The molecule has 0 aromatic heterocycles. The number of amides is 4. The number of hydrogen-bond acceptors (Lipinski definition) is 4. The molecule has 8 heteroatoms. The van der Waals surface area contributed by atoms with Gasteiger partial charge in [0.25, 0.3) is 0 Å². The Morgan fingerprint density at radius 3 is 1.90 bits per heavy atom. The summed E-state index contributed by atoms with van der Waals surface area (Å²) in [6.45, 7) is 5.63. The molecule has 2 rings (SSSR count). The minimum absolute atomic E-state index is 0.0409. The van der Waals surface area contributed by atoms with Crippen LogP contribution in [0, 0.1) is 11.3 Å². The van der Waals surface area contributed by atoms with Gasteiger partial charge in [0.2, 0.25) is 0 Å². The van der Waals surface area contributed by atoms with Crippen molar-refractivity contribution in [1.82, 2.24) is 25.3 Å². The Labute approximate surface area is 118 Å². The molecule has 2 fully saturated rings. The predicted molar refractivity (Wildman–Crippen MR) is 72.0 cm³/mol. The first-order chi connectivity index (χ1) is 9.70. The average molecular weight is 280 g/mol. The van der Waals surface area contributed by atoms with Crippen LogP contribution in [0.25, 0.3) is 0 Å². The highest BCUT2D eigenvalue weighted by Crippen LogP contribution is 2.00. The Bertz CT molecular complexity index is 377. The van der Waals surface area contributed by atoms with Gasteiger partial charge in [-0.2, -0.15) is 5.26 Å². The highest BCUT2D eigenvalue weighted by Gasteiger charge is 2.22. The zero-order chi connectivity index (χ0) is 14.4. The van der Waals surface area contributed by atoms with E-state index in [-0.39, 0.29) is 12.1 Å². The van der Waals surface area contributed by atoms with Crippen LogP contribution in [0.2, 0.25) is 0 Å². The summed E-state index contributed by atoms with van der Waals surface area (Å²) >= 11 is 0. The van der Waals surface area contributed by atoms with Crippen LogP contribution in [-0.2, 0) is 0 Å². The zero-order valence-corrected chi connectivity index (χ0v) is 11.5. The fourth-order valence-corrected chi connectivity index (χ4v) is 2.34. The largest absolute Gasteiger partial charge is 0.336 e. The van der Waals surface area contributed by atoms with Crippen LogP contribution in [0.1, 0.15) is 0 Å². The van der Waals surface area contributed by atoms with Gasteiger partial charge < -0.3 is 20.4 Å². The normalized spacial score (nSPS) is 18.4. The maximum Gasteiger partial charge on any atom is 0.317 e. The van der Waals surface area contributed by atoms with E-state index in [1.54, 1.807) is 9.80 Å². The highest BCUT2D eigenvalue weighted by molar-refractivity contribution is 5.76. The van der Waals surface area contributed by atoms with Crippen LogP contribution in [0.3, 0.4) is 0 Å². The molecule has 2 saturated heterocycles. The molecular formula is C12H20N6O2. The van der Waals surface area contributed by atoms with Gasteiger partial charge in [0.15, 0.2) is 0 Å². The molecule has 110 valence electrons. The second-order valence-electron chi connectivity index (χ2n) is 4.87. The first-order valence-electron chi connectivity index (χ1n) is 6.85. The number of carbonyl (C=O) groups is 2. The summed E-state index contributed by atoms with van der Waals surface area (Å²) in [6.07, 6.45) is 0. The lowest BCUT2D eigenvalue weighted by molar-refractivity contribution is 0.193. The van der Waals surface area contributed by atoms with Crippen LogP contribution < -0.4 is 10.6 Å². The van der Waals surface area contributed by atoms with Gasteiger partial charge in [-0.1, -0.05) is 0 Å². The second kappa shape index (κ2) is 6.96. The maximum absolute atomic E-state index is 11.4. The summed E-state index contributed by atoms with van der Waals surface area (Å²) in [5.41, 5.74) is 0. The van der Waals surface area contributed by atoms with E-state index in [9.17, 15) is 9.59 Å². The zero-order valence-electron chi connectivity index (χ0n) is 11.5. The summed E-state index contributed by atoms with van der Waals surface area (Å²) in [4.78, 5) is 28.3. The van der Waals surface area contributed by atoms with Crippen molar-refractivity contribution in [3.8, 4) is 6.07 Å². The lowest BCUT2D eigenvalue weighted by Crippen LogP contribution is -2.41. The Hall–Kier alpha value is -2.01. The first kappa shape index (κ1) is 14.4. The van der Waals surface area contributed by atoms with Crippen molar-refractivity contribution in [3.63, 3.8) is 0 Å². The van der Waals surface area contributed by atoms with E-state index in [0.717, 1.165) is 0 Å². The summed E-state index contributed by atoms with van der Waals surface area (Å²) < 4.78 is 0. The van der Waals surface area contributed by atoms with Gasteiger partial charge in [-0.3, -0.25) is 4.90 Å². The van der Waals surface area contributed by atoms with E-state index in [2.05, 4.69) is 16.7 Å². The van der Waals surface area contributed by atoms with E-state index >= 15 is 0 Å². The standard InChI is InChI=1S/C12H20N6O2/c13-1-4-16(7-9-17-5-2-14-11(17)19)8-10-18-6-3-15-12(18)20/h2-10H2,(H,14,19)(H,15,20). The summed E-state index contributed by atoms with van der Waals surface area (Å²) in [5, 5.41) is 14.3. The molecule has 0 aromatic carbocycles. The van der Waals surface area contributed by atoms with Crippen molar-refractivity contribution in [3.05, 3.63) is 0 Å². The van der Waals surface area contributed by atoms with Crippen molar-refractivity contribution in [2.75, 3.05) is 58.9 Å². The fraction of sp³-hybridized carbons (Fsp3) is 0.750. The monoisotopic (exact) mass is 280 g/mol. The van der Waals surface area contributed by atoms with E-state index in [1.807, 2.05) is 4.90 Å². The topological polar surface area (TPSA) is 91.7 Å². The number of hydrogen-bond donors (Lipinski definition) is 2. The van der Waals surface area contributed by atoms with Crippen molar-refractivity contribution in [2.24, 2.45) is 0 Å². The molecule has 8 nitrogen and oxygen atoms in total. The smallest absolute Gasteiger partial charge is 0.317 e. The molecule has 2 aliphatic rings. The molecule has 0 aliphatic carbocycles. The van der Waals surface area contributed by atoms with Crippen molar-refractivity contribution in [1.29, 1.82) is 5.26 Å². The molecular weight excluding hydrogens is 260 g/mol. The average Bonchev–Trinajstić information content (AvgIpc) is 3.02. The lowest BCUT2D eigenvalue weighted by Gasteiger charge is -2.24. The van der Waals surface area contributed by atoms with Crippen LogP contribution in [0.5, 0.6) is 0 Å². The van der Waals surface area contributed by atoms with Crippen LogP contribution >= 0.6 is 0 Å². The molecule has 2 aliphatic heterocycles. The maximum atomic E-state index is 11.4. The Morgan fingerprint density at radius 1 is 1.05 bits per heavy atom. The number of nitrogens with one attached hydrogen (secondary N) is 2. The van der Waals surface area contributed by atoms with E-state index < -0.39 is 0 Å². The summed E-state index contributed by atoms with van der Waals surface area (Å²) in [7, 11) is 0. The molecule has 0 atom stereocenters. The Kier molecular flexibility index (Phi) is 5.01. The summed E-state index contributed by atoms with van der Waals surface area (Å²) in [5.74, 6) is 0. The van der Waals surface area contributed by atoms with E-state index in [4.69, 9.17) is 5.26 Å². The lowest BCUT2D eigenvalue weighted by atomic mass is 10.4. The first-order valence-corrected chi connectivity index (χ1v) is 6.85. The van der Waals surface area contributed by atoms with Crippen molar-refractivity contribution in [2.45, 2.75) is 0 Å². The molecule has 0 spiro atoms. The second-order valence-corrected chi connectivity index (χ2v) is 4.87. The van der Waals surface area contributed by atoms with Crippen LogP contribution in [-0.4, -0.2) is 85.7 Å². The van der Waals surface area contributed by atoms with Crippen LogP contribution in [0.4, 0.5) is 9.59 Å². The third kappa shape index (κ3) is 3.74. The number of urea groups is 2. The predicted octanol–water partition coefficient (Wildman–Crippen LogP) is -1.14. The minimum Gasteiger partial charge on any atom is -0.336 e. The molecule has 0 saturated carbocycles. The molecule has 0 radical (unpaired) electrons. The van der Waals surface area contributed by atoms with Crippen molar-refractivity contribution >= 4 is 12.1 Å².